The zero-order valence-electron chi connectivity index (χ0n) is 27.2. The van der Waals surface area contributed by atoms with Gasteiger partial charge in [-0.1, -0.05) is 42.5 Å². The fourth-order valence-corrected chi connectivity index (χ4v) is 5.37. The molecule has 0 saturated carbocycles. The number of aliphatic imine (C=N–C) groups is 1. The lowest BCUT2D eigenvalue weighted by Crippen LogP contribution is -2.58. The van der Waals surface area contributed by atoms with Crippen molar-refractivity contribution in [1.29, 1.82) is 0 Å². The third-order valence-electron chi connectivity index (χ3n) is 8.03. The highest BCUT2D eigenvalue weighted by atomic mass is 16.4. The number of aliphatic carboxylic acids is 1. The van der Waals surface area contributed by atoms with Gasteiger partial charge in [0, 0.05) is 36.5 Å². The number of para-hydroxylation sites is 1. The maximum Gasteiger partial charge on any atom is 0.326 e. The van der Waals surface area contributed by atoms with E-state index in [2.05, 4.69) is 25.9 Å². The number of carboxylic acids is 1. The van der Waals surface area contributed by atoms with E-state index in [1.54, 1.807) is 18.3 Å². The first-order valence-corrected chi connectivity index (χ1v) is 15.9. The van der Waals surface area contributed by atoms with Crippen LogP contribution in [-0.2, 0) is 38.4 Å². The molecule has 0 spiro atoms. The van der Waals surface area contributed by atoms with Crippen molar-refractivity contribution >= 4 is 40.6 Å². The number of carboxylic acid groups (broad SMARTS) is 1. The highest BCUT2D eigenvalue weighted by molar-refractivity contribution is 5.94. The molecular weight excluding hydrogens is 644 g/mol. The van der Waals surface area contributed by atoms with Gasteiger partial charge in [-0.3, -0.25) is 19.4 Å². The van der Waals surface area contributed by atoms with E-state index < -0.39 is 47.9 Å². The zero-order valence-corrected chi connectivity index (χ0v) is 27.2. The Morgan fingerprint density at radius 1 is 0.720 bits per heavy atom. The van der Waals surface area contributed by atoms with Crippen LogP contribution in [0.5, 0.6) is 11.5 Å². The van der Waals surface area contributed by atoms with Gasteiger partial charge in [-0.05, 0) is 66.3 Å². The molecule has 0 saturated heterocycles. The van der Waals surface area contributed by atoms with Gasteiger partial charge in [0.2, 0.25) is 17.7 Å². The van der Waals surface area contributed by atoms with Crippen LogP contribution in [0.3, 0.4) is 0 Å². The van der Waals surface area contributed by atoms with Crippen molar-refractivity contribution < 1.29 is 34.5 Å². The molecule has 15 heteroatoms. The molecule has 0 bridgehead atoms. The molecule has 1 aromatic heterocycles. The van der Waals surface area contributed by atoms with Gasteiger partial charge >= 0.3 is 5.97 Å². The van der Waals surface area contributed by atoms with Crippen LogP contribution < -0.4 is 33.2 Å². The number of benzene rings is 3. The summed E-state index contributed by atoms with van der Waals surface area (Å²) in [6, 6.07) is 14.7. The number of amides is 3. The summed E-state index contributed by atoms with van der Waals surface area (Å²) in [6.07, 6.45) is 2.12. The number of carbonyl (C=O) groups is 4. The lowest BCUT2D eigenvalue weighted by atomic mass is 10.0. The Morgan fingerprint density at radius 3 is 1.86 bits per heavy atom. The molecule has 1 heterocycles. The average Bonchev–Trinajstić information content (AvgIpc) is 3.49. The first kappa shape index (κ1) is 36.7. The molecule has 50 heavy (non-hydrogen) atoms. The summed E-state index contributed by atoms with van der Waals surface area (Å²) >= 11 is 0. The van der Waals surface area contributed by atoms with Crippen LogP contribution in [0.25, 0.3) is 10.9 Å². The summed E-state index contributed by atoms with van der Waals surface area (Å²) in [5, 5.41) is 38.0. The molecule has 3 amide bonds. The number of guanidine groups is 1. The number of nitrogens with two attached hydrogens (primary N) is 3. The number of phenolic OH excluding ortho intramolecular Hbond substituents is 2. The number of nitrogens with one attached hydrogen (secondary N) is 4. The number of rotatable bonds is 17. The van der Waals surface area contributed by atoms with Gasteiger partial charge in [0.25, 0.3) is 0 Å². The van der Waals surface area contributed by atoms with Gasteiger partial charge in [-0.15, -0.1) is 0 Å². The lowest BCUT2D eigenvalue weighted by molar-refractivity contribution is -0.142. The van der Waals surface area contributed by atoms with Crippen LogP contribution in [-0.4, -0.2) is 80.7 Å². The van der Waals surface area contributed by atoms with Gasteiger partial charge in [0.1, 0.15) is 29.6 Å². The number of H-pyrrole nitrogens is 1. The SMILES string of the molecule is NC(N)=NCCCC(NC(=O)C(Cc1ccc(O)cc1)NC(=O)C(N)Cc1c[nH]c2ccccc12)C(=O)NC(Cc1ccc(O)cc1)C(=O)O. The molecule has 0 aliphatic rings. The predicted octanol–water partition coefficient (Wildman–Crippen LogP) is 0.527. The van der Waals surface area contributed by atoms with Gasteiger partial charge < -0.3 is 53.5 Å². The second-order valence-electron chi connectivity index (χ2n) is 11.9. The standard InChI is InChI=1S/C35H42N8O7/c36-26(18-22-19-40-27-5-2-1-4-25(22)27)31(46)42-29(16-20-7-11-23(44)12-8-20)33(48)41-28(6-3-15-39-35(37)38)32(47)43-30(34(49)50)17-21-9-13-24(45)14-10-21/h1-2,4-5,7-14,19,26,28-30,40,44-45H,3,6,15-18,36H2,(H,41,48)(H,42,46)(H,43,47)(H,49,50)(H4,37,38,39). The summed E-state index contributed by atoms with van der Waals surface area (Å²) in [6.45, 7) is 0.133. The summed E-state index contributed by atoms with van der Waals surface area (Å²) in [5.74, 6) is -3.56. The monoisotopic (exact) mass is 686 g/mol. The average molecular weight is 687 g/mol. The maximum atomic E-state index is 13.9. The minimum Gasteiger partial charge on any atom is -0.508 e. The third kappa shape index (κ3) is 10.7. The quantitative estimate of drug-likeness (QED) is 0.0418. The number of aromatic hydroxyl groups is 2. The van der Waals surface area contributed by atoms with Gasteiger partial charge in [0.15, 0.2) is 5.96 Å². The molecular formula is C35H42N8O7. The Hall–Kier alpha value is -6.09. The Balaban J connectivity index is 1.52. The van der Waals surface area contributed by atoms with E-state index in [0.29, 0.717) is 11.1 Å². The molecule has 0 aliphatic heterocycles. The van der Waals surface area contributed by atoms with E-state index in [-0.39, 0.29) is 56.1 Å². The molecule has 4 rings (SSSR count). The molecule has 0 fully saturated rings. The van der Waals surface area contributed by atoms with Crippen LogP contribution in [0.2, 0.25) is 0 Å². The molecule has 3 aromatic carbocycles. The number of hydrogen-bond donors (Lipinski definition) is 10. The second kappa shape index (κ2) is 17.3. The van der Waals surface area contributed by atoms with Gasteiger partial charge in [-0.25, -0.2) is 4.79 Å². The summed E-state index contributed by atoms with van der Waals surface area (Å²) in [5.41, 5.74) is 20.0. The van der Waals surface area contributed by atoms with Crippen LogP contribution in [0.15, 0.2) is 84.0 Å². The molecule has 264 valence electrons. The van der Waals surface area contributed by atoms with Gasteiger partial charge in [0.05, 0.1) is 6.04 Å². The number of hydrogen-bond acceptors (Lipinski definition) is 8. The number of aromatic nitrogens is 1. The van der Waals surface area contributed by atoms with Crippen molar-refractivity contribution in [3.05, 3.63) is 95.7 Å². The van der Waals surface area contributed by atoms with E-state index in [1.807, 2.05) is 24.3 Å². The molecule has 4 aromatic rings. The van der Waals surface area contributed by atoms with Crippen LogP contribution in [0.4, 0.5) is 0 Å². The molecule has 4 atom stereocenters. The normalized spacial score (nSPS) is 13.4. The summed E-state index contributed by atoms with van der Waals surface area (Å²) < 4.78 is 0. The smallest absolute Gasteiger partial charge is 0.326 e. The minimum absolute atomic E-state index is 0.00100. The van der Waals surface area contributed by atoms with E-state index >= 15 is 0 Å². The van der Waals surface area contributed by atoms with Crippen molar-refractivity contribution in [1.82, 2.24) is 20.9 Å². The highest BCUT2D eigenvalue weighted by Crippen LogP contribution is 2.19. The first-order valence-electron chi connectivity index (χ1n) is 15.9. The summed E-state index contributed by atoms with van der Waals surface area (Å²) in [7, 11) is 0. The minimum atomic E-state index is -1.36. The Kier molecular flexibility index (Phi) is 12.7. The predicted molar refractivity (Wildman–Crippen MR) is 187 cm³/mol. The van der Waals surface area contributed by atoms with Crippen LogP contribution in [0.1, 0.15) is 29.5 Å². The number of carbonyl (C=O) groups excluding carboxylic acids is 3. The van der Waals surface area contributed by atoms with E-state index in [1.165, 1.54) is 36.4 Å². The number of nitrogens with zero attached hydrogens (tertiary/aromatic N) is 1. The Labute approximate surface area is 288 Å². The number of aromatic amines is 1. The topological polar surface area (TPSA) is 271 Å². The fraction of sp³-hybridized carbons (Fsp3) is 0.286. The van der Waals surface area contributed by atoms with Crippen molar-refractivity contribution in [2.75, 3.05) is 6.54 Å². The molecule has 0 radical (unpaired) electrons. The number of phenols is 2. The molecule has 13 N–H and O–H groups in total. The zero-order chi connectivity index (χ0) is 36.2. The van der Waals surface area contributed by atoms with Crippen molar-refractivity contribution in [3.63, 3.8) is 0 Å². The van der Waals surface area contributed by atoms with Crippen molar-refractivity contribution in [2.45, 2.75) is 56.3 Å². The maximum absolute atomic E-state index is 13.9. The molecule has 0 aliphatic carbocycles. The third-order valence-corrected chi connectivity index (χ3v) is 8.03. The van der Waals surface area contributed by atoms with E-state index in [4.69, 9.17) is 17.2 Å². The van der Waals surface area contributed by atoms with E-state index in [9.17, 15) is 34.5 Å². The van der Waals surface area contributed by atoms with Crippen LogP contribution >= 0.6 is 0 Å². The molecule has 4 unspecified atom stereocenters. The van der Waals surface area contributed by atoms with Crippen molar-refractivity contribution in [2.24, 2.45) is 22.2 Å². The summed E-state index contributed by atoms with van der Waals surface area (Å²) in [4.78, 5) is 60.0. The fourth-order valence-electron chi connectivity index (χ4n) is 5.37. The second-order valence-corrected chi connectivity index (χ2v) is 11.9. The van der Waals surface area contributed by atoms with Gasteiger partial charge in [-0.2, -0.15) is 0 Å². The van der Waals surface area contributed by atoms with E-state index in [0.717, 1.165) is 16.5 Å². The lowest BCUT2D eigenvalue weighted by Gasteiger charge is -2.25. The Bertz CT molecular complexity index is 1800. The highest BCUT2D eigenvalue weighted by Gasteiger charge is 2.31. The Morgan fingerprint density at radius 2 is 1.26 bits per heavy atom. The van der Waals surface area contributed by atoms with Crippen molar-refractivity contribution in [3.8, 4) is 11.5 Å². The largest absolute Gasteiger partial charge is 0.508 e. The first-order chi connectivity index (χ1) is 23.9. The number of fused-ring (bicyclic) bond motifs is 1. The molecule has 15 nitrogen and oxygen atoms in total. The van der Waals surface area contributed by atoms with Crippen LogP contribution in [0, 0.1) is 0 Å².